The Morgan fingerprint density at radius 2 is 2.15 bits per heavy atom. The van der Waals surface area contributed by atoms with Crippen LogP contribution < -0.4 is 5.32 Å². The monoisotopic (exact) mass is 333 g/mol. The van der Waals surface area contributed by atoms with E-state index in [0.29, 0.717) is 15.6 Å². The smallest absolute Gasteiger partial charge is 0.167 e. The minimum absolute atomic E-state index is 0.00556. The van der Waals surface area contributed by atoms with E-state index in [4.69, 9.17) is 0 Å². The molecule has 1 aliphatic heterocycles. The second-order valence-electron chi connectivity index (χ2n) is 4.86. The van der Waals surface area contributed by atoms with Gasteiger partial charge in [0, 0.05) is 24.2 Å². The van der Waals surface area contributed by atoms with Gasteiger partial charge in [0.05, 0.1) is 4.47 Å². The highest BCUT2D eigenvalue weighted by Gasteiger charge is 2.15. The molecule has 0 fully saturated rings. The fraction of sp³-hybridized carbons (Fsp3) is 0.188. The normalized spacial score (nSPS) is 12.9. The Labute approximate surface area is 125 Å². The van der Waals surface area contributed by atoms with Gasteiger partial charge >= 0.3 is 0 Å². The molecule has 1 N–H and O–H groups in total. The predicted octanol–water partition coefficient (Wildman–Crippen LogP) is 3.98. The summed E-state index contributed by atoms with van der Waals surface area (Å²) in [5.41, 5.74) is 3.64. The largest absolute Gasteiger partial charge is 0.384 e. The molecule has 1 heterocycles. The van der Waals surface area contributed by atoms with Crippen LogP contribution in [0.2, 0.25) is 0 Å². The molecule has 2 nitrogen and oxygen atoms in total. The molecule has 0 aliphatic carbocycles. The first-order valence-electron chi connectivity index (χ1n) is 6.48. The number of Topliss-reactive ketones (excluding diaryl/α,β-unsaturated/α-hetero) is 1. The lowest BCUT2D eigenvalue weighted by molar-refractivity contribution is 0.0992. The molecule has 0 bridgehead atoms. The molecule has 0 amide bonds. The maximum atomic E-state index is 13.4. The van der Waals surface area contributed by atoms with Crippen LogP contribution in [0.1, 0.15) is 21.5 Å². The van der Waals surface area contributed by atoms with Crippen molar-refractivity contribution in [2.75, 3.05) is 11.9 Å². The number of carbonyl (C=O) groups excluding carboxylic acids is 1. The molecule has 1 aliphatic rings. The number of rotatable bonds is 3. The lowest BCUT2D eigenvalue weighted by Crippen LogP contribution is -2.05. The van der Waals surface area contributed by atoms with Gasteiger partial charge in [-0.2, -0.15) is 0 Å². The first kappa shape index (κ1) is 13.3. The molecule has 0 saturated heterocycles. The molecule has 3 rings (SSSR count). The second-order valence-corrected chi connectivity index (χ2v) is 5.65. The van der Waals surface area contributed by atoms with E-state index in [-0.39, 0.29) is 18.0 Å². The number of carbonyl (C=O) groups is 1. The molecule has 2 aromatic carbocycles. The van der Waals surface area contributed by atoms with E-state index in [1.807, 2.05) is 18.2 Å². The number of hydrogen-bond acceptors (Lipinski definition) is 2. The lowest BCUT2D eigenvalue weighted by Gasteiger charge is -2.06. The summed E-state index contributed by atoms with van der Waals surface area (Å²) in [6, 6.07) is 10.5. The minimum Gasteiger partial charge on any atom is -0.384 e. The van der Waals surface area contributed by atoms with E-state index in [9.17, 15) is 9.18 Å². The number of ketones is 1. The van der Waals surface area contributed by atoms with Gasteiger partial charge in [-0.1, -0.05) is 12.1 Å². The van der Waals surface area contributed by atoms with Gasteiger partial charge in [0.25, 0.3) is 0 Å². The van der Waals surface area contributed by atoms with Crippen molar-refractivity contribution in [1.82, 2.24) is 0 Å². The third-order valence-corrected chi connectivity index (χ3v) is 4.41. The van der Waals surface area contributed by atoms with Gasteiger partial charge in [0.2, 0.25) is 0 Å². The van der Waals surface area contributed by atoms with Crippen LogP contribution in [0.15, 0.2) is 40.9 Å². The minimum atomic E-state index is -0.339. The van der Waals surface area contributed by atoms with E-state index in [1.165, 1.54) is 11.6 Å². The maximum Gasteiger partial charge on any atom is 0.167 e. The SMILES string of the molecule is O=C(Cc1cccc(F)c1Br)c1ccc2c(c1)CCN2. The standard InChI is InChI=1S/C16H13BrFNO/c17-16-12(2-1-3-13(16)18)9-15(20)11-4-5-14-10(8-11)6-7-19-14/h1-5,8,19H,6-7,9H2. The van der Waals surface area contributed by atoms with Crippen LogP contribution in [-0.2, 0) is 12.8 Å². The Morgan fingerprint density at radius 1 is 1.30 bits per heavy atom. The Hall–Kier alpha value is -1.68. The summed E-state index contributed by atoms with van der Waals surface area (Å²) >= 11 is 3.19. The molecule has 0 unspecified atom stereocenters. The Bertz CT molecular complexity index is 684. The molecular formula is C16H13BrFNO. The number of nitrogens with one attached hydrogen (secondary N) is 1. The molecule has 0 spiro atoms. The van der Waals surface area contributed by atoms with Crippen molar-refractivity contribution in [1.29, 1.82) is 0 Å². The summed E-state index contributed by atoms with van der Waals surface area (Å²) in [5, 5.41) is 3.26. The molecular weight excluding hydrogens is 321 g/mol. The van der Waals surface area contributed by atoms with Gasteiger partial charge in [-0.3, -0.25) is 4.79 Å². The zero-order valence-corrected chi connectivity index (χ0v) is 12.3. The number of benzene rings is 2. The van der Waals surface area contributed by atoms with Crippen LogP contribution in [0.25, 0.3) is 0 Å². The first-order chi connectivity index (χ1) is 9.65. The molecule has 0 aromatic heterocycles. The number of fused-ring (bicyclic) bond motifs is 1. The van der Waals surface area contributed by atoms with E-state index in [2.05, 4.69) is 21.2 Å². The third-order valence-electron chi connectivity index (χ3n) is 3.52. The van der Waals surface area contributed by atoms with Gasteiger partial charge in [-0.05, 0) is 57.7 Å². The molecule has 0 radical (unpaired) electrons. The van der Waals surface area contributed by atoms with Crippen molar-refractivity contribution >= 4 is 27.4 Å². The predicted molar refractivity (Wildman–Crippen MR) is 80.8 cm³/mol. The quantitative estimate of drug-likeness (QED) is 0.861. The topological polar surface area (TPSA) is 29.1 Å². The van der Waals surface area contributed by atoms with Crippen LogP contribution in [0.5, 0.6) is 0 Å². The average Bonchev–Trinajstić information content (AvgIpc) is 2.91. The van der Waals surface area contributed by atoms with E-state index >= 15 is 0 Å². The molecule has 102 valence electrons. The van der Waals surface area contributed by atoms with Crippen molar-refractivity contribution in [2.24, 2.45) is 0 Å². The van der Waals surface area contributed by atoms with Gasteiger partial charge in [0.1, 0.15) is 5.82 Å². The van der Waals surface area contributed by atoms with Crippen molar-refractivity contribution in [2.45, 2.75) is 12.8 Å². The fourth-order valence-corrected chi connectivity index (χ4v) is 2.84. The summed E-state index contributed by atoms with van der Waals surface area (Å²) in [5.74, 6) is -0.334. The molecule has 0 saturated carbocycles. The molecule has 2 aromatic rings. The van der Waals surface area contributed by atoms with Crippen molar-refractivity contribution < 1.29 is 9.18 Å². The Balaban J connectivity index is 1.84. The van der Waals surface area contributed by atoms with E-state index < -0.39 is 0 Å². The Kier molecular flexibility index (Phi) is 3.57. The maximum absolute atomic E-state index is 13.4. The highest BCUT2D eigenvalue weighted by molar-refractivity contribution is 9.10. The summed E-state index contributed by atoms with van der Waals surface area (Å²) < 4.78 is 13.8. The van der Waals surface area contributed by atoms with Crippen LogP contribution >= 0.6 is 15.9 Å². The van der Waals surface area contributed by atoms with Crippen molar-refractivity contribution in [3.8, 4) is 0 Å². The third kappa shape index (κ3) is 2.48. The molecule has 4 heteroatoms. The Morgan fingerprint density at radius 3 is 3.00 bits per heavy atom. The second kappa shape index (κ2) is 5.37. The van der Waals surface area contributed by atoms with E-state index in [1.54, 1.807) is 12.1 Å². The summed E-state index contributed by atoms with van der Waals surface area (Å²) in [6.07, 6.45) is 1.14. The van der Waals surface area contributed by atoms with Crippen LogP contribution in [0.4, 0.5) is 10.1 Å². The van der Waals surface area contributed by atoms with Crippen molar-refractivity contribution in [3.05, 3.63) is 63.4 Å². The van der Waals surface area contributed by atoms with Gasteiger partial charge in [-0.25, -0.2) is 4.39 Å². The lowest BCUT2D eigenvalue weighted by atomic mass is 10.0. The zero-order chi connectivity index (χ0) is 14.1. The highest BCUT2D eigenvalue weighted by atomic mass is 79.9. The fourth-order valence-electron chi connectivity index (χ4n) is 2.44. The van der Waals surface area contributed by atoms with Gasteiger partial charge < -0.3 is 5.32 Å². The van der Waals surface area contributed by atoms with Crippen LogP contribution in [-0.4, -0.2) is 12.3 Å². The van der Waals surface area contributed by atoms with Gasteiger partial charge in [0.15, 0.2) is 5.78 Å². The number of halogens is 2. The molecule has 0 atom stereocenters. The van der Waals surface area contributed by atoms with Gasteiger partial charge in [-0.15, -0.1) is 0 Å². The average molecular weight is 334 g/mol. The zero-order valence-electron chi connectivity index (χ0n) is 10.7. The number of hydrogen-bond donors (Lipinski definition) is 1. The van der Waals surface area contributed by atoms with Crippen molar-refractivity contribution in [3.63, 3.8) is 0 Å². The van der Waals surface area contributed by atoms with Crippen LogP contribution in [0.3, 0.4) is 0 Å². The summed E-state index contributed by atoms with van der Waals surface area (Å²) in [6.45, 7) is 0.919. The summed E-state index contributed by atoms with van der Waals surface area (Å²) in [4.78, 5) is 12.3. The molecule has 20 heavy (non-hydrogen) atoms. The highest BCUT2D eigenvalue weighted by Crippen LogP contribution is 2.25. The van der Waals surface area contributed by atoms with Crippen LogP contribution in [0, 0.1) is 5.82 Å². The summed E-state index contributed by atoms with van der Waals surface area (Å²) in [7, 11) is 0. The first-order valence-corrected chi connectivity index (χ1v) is 7.27. The number of anilines is 1. The van der Waals surface area contributed by atoms with E-state index in [0.717, 1.165) is 18.7 Å².